The summed E-state index contributed by atoms with van der Waals surface area (Å²) >= 11 is 0. The van der Waals surface area contributed by atoms with Crippen LogP contribution in [0.15, 0.2) is 18.3 Å². The highest BCUT2D eigenvalue weighted by atomic mass is 19.4. The fraction of sp³-hybridized carbons (Fsp3) is 0.500. The standard InChI is InChI=1S/C14H15F3N2O3/c1-8(13(21)22)7-19(10-3-4-10)12(20)9-2-5-11(18-6-9)14(15,16)17/h2,5-6,8,10H,3-4,7H2,1H3,(H,21,22). The number of aromatic nitrogens is 1. The number of aliphatic carboxylic acids is 1. The Labute approximate surface area is 124 Å². The van der Waals surface area contributed by atoms with Crippen molar-refractivity contribution in [1.29, 1.82) is 0 Å². The predicted molar refractivity (Wildman–Crippen MR) is 70.1 cm³/mol. The molecule has 0 aromatic carbocycles. The van der Waals surface area contributed by atoms with Crippen molar-refractivity contribution >= 4 is 11.9 Å². The fourth-order valence-corrected chi connectivity index (χ4v) is 2.01. The van der Waals surface area contributed by atoms with Crippen LogP contribution in [-0.2, 0) is 11.0 Å². The Bertz CT molecular complexity index is 568. The maximum atomic E-state index is 12.5. The molecule has 1 N–H and O–H groups in total. The van der Waals surface area contributed by atoms with E-state index in [2.05, 4.69) is 4.98 Å². The molecule has 0 bridgehead atoms. The second kappa shape index (κ2) is 5.94. The van der Waals surface area contributed by atoms with E-state index < -0.39 is 29.7 Å². The van der Waals surface area contributed by atoms with E-state index in [-0.39, 0.29) is 18.2 Å². The second-order valence-corrected chi connectivity index (χ2v) is 5.36. The normalized spacial score (nSPS) is 16.2. The first-order valence-corrected chi connectivity index (χ1v) is 6.77. The highest BCUT2D eigenvalue weighted by Crippen LogP contribution is 2.30. The van der Waals surface area contributed by atoms with Gasteiger partial charge in [0.1, 0.15) is 5.69 Å². The summed E-state index contributed by atoms with van der Waals surface area (Å²) in [7, 11) is 0. The van der Waals surface area contributed by atoms with Crippen LogP contribution in [0, 0.1) is 5.92 Å². The predicted octanol–water partition coefficient (Wildman–Crippen LogP) is 2.43. The molecule has 1 heterocycles. The Hall–Kier alpha value is -2.12. The molecular weight excluding hydrogens is 301 g/mol. The van der Waals surface area contributed by atoms with Gasteiger partial charge in [0, 0.05) is 18.8 Å². The first-order chi connectivity index (χ1) is 10.2. The van der Waals surface area contributed by atoms with Crippen molar-refractivity contribution in [3.05, 3.63) is 29.6 Å². The Morgan fingerprint density at radius 3 is 2.45 bits per heavy atom. The van der Waals surface area contributed by atoms with Gasteiger partial charge in [0.15, 0.2) is 0 Å². The van der Waals surface area contributed by atoms with Crippen LogP contribution >= 0.6 is 0 Å². The zero-order valence-electron chi connectivity index (χ0n) is 11.8. The number of nitrogens with zero attached hydrogens (tertiary/aromatic N) is 2. The molecule has 2 rings (SSSR count). The first kappa shape index (κ1) is 16.3. The average Bonchev–Trinajstić information content (AvgIpc) is 3.27. The Balaban J connectivity index is 2.15. The van der Waals surface area contributed by atoms with Crippen LogP contribution in [0.25, 0.3) is 0 Å². The van der Waals surface area contributed by atoms with Crippen molar-refractivity contribution in [2.45, 2.75) is 32.0 Å². The van der Waals surface area contributed by atoms with Crippen molar-refractivity contribution < 1.29 is 27.9 Å². The molecule has 1 aromatic heterocycles. The van der Waals surface area contributed by atoms with Gasteiger partial charge in [-0.3, -0.25) is 14.6 Å². The molecular formula is C14H15F3N2O3. The summed E-state index contributed by atoms with van der Waals surface area (Å²) < 4.78 is 37.4. The highest BCUT2D eigenvalue weighted by molar-refractivity contribution is 5.94. The van der Waals surface area contributed by atoms with Crippen molar-refractivity contribution in [1.82, 2.24) is 9.88 Å². The number of carboxylic acid groups (broad SMARTS) is 1. The molecule has 0 spiro atoms. The van der Waals surface area contributed by atoms with Gasteiger partial charge in [0.2, 0.25) is 0 Å². The summed E-state index contributed by atoms with van der Waals surface area (Å²) in [6.45, 7) is 1.51. The minimum absolute atomic E-state index is 0.0255. The fourth-order valence-electron chi connectivity index (χ4n) is 2.01. The minimum Gasteiger partial charge on any atom is -0.481 e. The average molecular weight is 316 g/mol. The summed E-state index contributed by atoms with van der Waals surface area (Å²) in [5, 5.41) is 8.94. The van der Waals surface area contributed by atoms with Crippen molar-refractivity contribution in [3.63, 3.8) is 0 Å². The van der Waals surface area contributed by atoms with Crippen LogP contribution in [0.3, 0.4) is 0 Å². The van der Waals surface area contributed by atoms with Crippen LogP contribution in [0.4, 0.5) is 13.2 Å². The van der Waals surface area contributed by atoms with E-state index in [1.807, 2.05) is 0 Å². The maximum absolute atomic E-state index is 12.5. The Kier molecular flexibility index (Phi) is 4.39. The van der Waals surface area contributed by atoms with Crippen LogP contribution < -0.4 is 0 Å². The summed E-state index contributed by atoms with van der Waals surface area (Å²) in [6.07, 6.45) is -2.14. The topological polar surface area (TPSA) is 70.5 Å². The van der Waals surface area contributed by atoms with Gasteiger partial charge in [-0.1, -0.05) is 6.92 Å². The minimum atomic E-state index is -4.56. The number of rotatable bonds is 5. The number of pyridine rings is 1. The van der Waals surface area contributed by atoms with E-state index in [1.165, 1.54) is 11.8 Å². The molecule has 1 amide bonds. The monoisotopic (exact) mass is 316 g/mol. The largest absolute Gasteiger partial charge is 0.481 e. The molecule has 0 saturated heterocycles. The van der Waals surface area contributed by atoms with E-state index in [4.69, 9.17) is 5.11 Å². The maximum Gasteiger partial charge on any atom is 0.433 e. The third-order valence-electron chi connectivity index (χ3n) is 3.44. The second-order valence-electron chi connectivity index (χ2n) is 5.36. The summed E-state index contributed by atoms with van der Waals surface area (Å²) in [5.74, 6) is -2.26. The molecule has 8 heteroatoms. The lowest BCUT2D eigenvalue weighted by molar-refractivity contribution is -0.142. The molecule has 1 aliphatic rings. The van der Waals surface area contributed by atoms with Gasteiger partial charge in [-0.2, -0.15) is 13.2 Å². The molecule has 1 atom stereocenters. The van der Waals surface area contributed by atoms with Crippen molar-refractivity contribution in [2.75, 3.05) is 6.54 Å². The number of amides is 1. The number of carboxylic acids is 1. The molecule has 1 saturated carbocycles. The smallest absolute Gasteiger partial charge is 0.433 e. The Morgan fingerprint density at radius 1 is 1.41 bits per heavy atom. The third kappa shape index (κ3) is 3.75. The van der Waals surface area contributed by atoms with E-state index in [1.54, 1.807) is 0 Å². The van der Waals surface area contributed by atoms with E-state index in [0.29, 0.717) is 0 Å². The summed E-state index contributed by atoms with van der Waals surface area (Å²) in [6, 6.07) is 1.77. The van der Waals surface area contributed by atoms with Gasteiger partial charge < -0.3 is 10.0 Å². The number of alkyl halides is 3. The highest BCUT2D eigenvalue weighted by Gasteiger charge is 2.36. The number of carbonyl (C=O) groups excluding carboxylic acids is 1. The third-order valence-corrected chi connectivity index (χ3v) is 3.44. The van der Waals surface area contributed by atoms with Gasteiger partial charge in [0.05, 0.1) is 11.5 Å². The SMILES string of the molecule is CC(CN(C(=O)c1ccc(C(F)(F)F)nc1)C1CC1)C(=O)O. The van der Waals surface area contributed by atoms with Gasteiger partial charge in [-0.15, -0.1) is 0 Å². The van der Waals surface area contributed by atoms with Gasteiger partial charge >= 0.3 is 12.1 Å². The number of hydrogen-bond acceptors (Lipinski definition) is 3. The van der Waals surface area contributed by atoms with Crippen LogP contribution in [0.1, 0.15) is 35.8 Å². The molecule has 22 heavy (non-hydrogen) atoms. The van der Waals surface area contributed by atoms with Crippen LogP contribution in [0.2, 0.25) is 0 Å². The van der Waals surface area contributed by atoms with Crippen LogP contribution in [0.5, 0.6) is 0 Å². The lowest BCUT2D eigenvalue weighted by Crippen LogP contribution is -2.38. The number of carbonyl (C=O) groups is 2. The zero-order chi connectivity index (χ0) is 16.5. The van der Waals surface area contributed by atoms with Crippen molar-refractivity contribution in [2.24, 2.45) is 5.92 Å². The zero-order valence-corrected chi connectivity index (χ0v) is 11.8. The number of hydrogen-bond donors (Lipinski definition) is 1. The van der Waals surface area contributed by atoms with E-state index in [9.17, 15) is 22.8 Å². The molecule has 1 aromatic rings. The molecule has 5 nitrogen and oxygen atoms in total. The lowest BCUT2D eigenvalue weighted by atomic mass is 10.1. The molecule has 120 valence electrons. The molecule has 0 aliphatic heterocycles. The first-order valence-electron chi connectivity index (χ1n) is 6.77. The van der Waals surface area contributed by atoms with Crippen LogP contribution in [-0.4, -0.2) is 39.5 Å². The molecule has 1 fully saturated rings. The molecule has 1 aliphatic carbocycles. The summed E-state index contributed by atoms with van der Waals surface area (Å²) in [5.41, 5.74) is -1.04. The van der Waals surface area contributed by atoms with Gasteiger partial charge in [-0.25, -0.2) is 0 Å². The van der Waals surface area contributed by atoms with E-state index in [0.717, 1.165) is 31.2 Å². The van der Waals surface area contributed by atoms with Crippen molar-refractivity contribution in [3.8, 4) is 0 Å². The lowest BCUT2D eigenvalue weighted by Gasteiger charge is -2.24. The Morgan fingerprint density at radius 2 is 2.05 bits per heavy atom. The number of halogens is 3. The summed E-state index contributed by atoms with van der Waals surface area (Å²) in [4.78, 5) is 27.9. The molecule has 1 unspecified atom stereocenters. The van der Waals surface area contributed by atoms with Gasteiger partial charge in [0.25, 0.3) is 5.91 Å². The quantitative estimate of drug-likeness (QED) is 0.905. The van der Waals surface area contributed by atoms with E-state index >= 15 is 0 Å². The van der Waals surface area contributed by atoms with Gasteiger partial charge in [-0.05, 0) is 25.0 Å². The molecule has 0 radical (unpaired) electrons.